The van der Waals surface area contributed by atoms with Gasteiger partial charge in [0.1, 0.15) is 0 Å². The SMILES string of the molecule is Cn1c(CN2CCC2)cc2cc3c(cc21)CCCc1cc(OC(=O)O)c(=O)[nH]c1-3. The first-order chi connectivity index (χ1) is 14.0. The van der Waals surface area contributed by atoms with Crippen molar-refractivity contribution < 1.29 is 14.6 Å². The molecule has 1 saturated heterocycles. The molecule has 1 fully saturated rings. The van der Waals surface area contributed by atoms with Crippen molar-refractivity contribution in [2.45, 2.75) is 32.2 Å². The first kappa shape index (κ1) is 18.0. The Kier molecular flexibility index (Phi) is 4.20. The van der Waals surface area contributed by atoms with Crippen molar-refractivity contribution >= 4 is 17.1 Å². The van der Waals surface area contributed by atoms with Gasteiger partial charge in [-0.3, -0.25) is 9.69 Å². The molecular weight excluding hydrogens is 370 g/mol. The number of hydrogen-bond donors (Lipinski definition) is 2. The van der Waals surface area contributed by atoms with Crippen molar-refractivity contribution in [3.05, 3.63) is 51.4 Å². The molecule has 2 aliphatic rings. The maximum absolute atomic E-state index is 12.4. The Morgan fingerprint density at radius 3 is 2.66 bits per heavy atom. The number of hydrogen-bond acceptors (Lipinski definition) is 4. The van der Waals surface area contributed by atoms with Crippen LogP contribution < -0.4 is 10.3 Å². The third-order valence-corrected chi connectivity index (χ3v) is 6.15. The maximum Gasteiger partial charge on any atom is 0.511 e. The molecule has 3 heterocycles. The molecule has 0 spiro atoms. The number of carboxylic acid groups (broad SMARTS) is 1. The van der Waals surface area contributed by atoms with Gasteiger partial charge in [0.05, 0.1) is 5.69 Å². The summed E-state index contributed by atoms with van der Waals surface area (Å²) < 4.78 is 6.92. The number of aromatic nitrogens is 2. The second kappa shape index (κ2) is 6.77. The van der Waals surface area contributed by atoms with Crippen LogP contribution in [0.2, 0.25) is 0 Å². The van der Waals surface area contributed by atoms with Crippen molar-refractivity contribution in [2.75, 3.05) is 13.1 Å². The molecule has 2 N–H and O–H groups in total. The number of nitrogens with zero attached hydrogens (tertiary/aromatic N) is 2. The smallest absolute Gasteiger partial charge is 0.449 e. The average molecular weight is 393 g/mol. The molecule has 7 nitrogen and oxygen atoms in total. The maximum atomic E-state index is 12.4. The summed E-state index contributed by atoms with van der Waals surface area (Å²) in [6.45, 7) is 3.28. The molecule has 1 aliphatic carbocycles. The number of rotatable bonds is 3. The van der Waals surface area contributed by atoms with Crippen LogP contribution in [0.5, 0.6) is 5.75 Å². The quantitative estimate of drug-likeness (QED) is 0.667. The highest BCUT2D eigenvalue weighted by molar-refractivity contribution is 5.88. The van der Waals surface area contributed by atoms with Crippen LogP contribution in [-0.2, 0) is 26.4 Å². The highest BCUT2D eigenvalue weighted by Crippen LogP contribution is 2.35. The molecule has 150 valence electrons. The van der Waals surface area contributed by atoms with Crippen LogP contribution in [0.1, 0.15) is 29.7 Å². The van der Waals surface area contributed by atoms with Gasteiger partial charge < -0.3 is 19.4 Å². The molecule has 7 heteroatoms. The second-order valence-corrected chi connectivity index (χ2v) is 7.98. The van der Waals surface area contributed by atoms with Gasteiger partial charge >= 0.3 is 6.16 Å². The van der Waals surface area contributed by atoms with E-state index in [1.165, 1.54) is 23.2 Å². The summed E-state index contributed by atoms with van der Waals surface area (Å²) in [7, 11) is 2.12. The van der Waals surface area contributed by atoms with Gasteiger partial charge in [0.2, 0.25) is 0 Å². The zero-order valence-corrected chi connectivity index (χ0v) is 16.3. The fourth-order valence-electron chi connectivity index (χ4n) is 4.47. The first-order valence-electron chi connectivity index (χ1n) is 10.0. The predicted octanol–water partition coefficient (Wildman–Crippen LogP) is 3.28. The standard InChI is InChI=1S/C22H23N3O4/c1-24-16(12-25-6-3-7-25)8-15-9-17-13(10-18(15)24)4-2-5-14-11-19(29-22(27)28)21(26)23-20(14)17/h8-11H,2-7,12H2,1H3,(H,23,26)(H,27,28). The minimum Gasteiger partial charge on any atom is -0.449 e. The van der Waals surface area contributed by atoms with E-state index >= 15 is 0 Å². The summed E-state index contributed by atoms with van der Waals surface area (Å²) in [5.41, 5.74) is 5.88. The number of carbonyl (C=O) groups is 1. The van der Waals surface area contributed by atoms with Crippen molar-refractivity contribution in [3.8, 4) is 17.0 Å². The Morgan fingerprint density at radius 1 is 1.14 bits per heavy atom. The number of H-pyrrole nitrogens is 1. The molecule has 1 aromatic carbocycles. The van der Waals surface area contributed by atoms with Crippen LogP contribution in [0.25, 0.3) is 22.2 Å². The zero-order chi connectivity index (χ0) is 20.1. The van der Waals surface area contributed by atoms with Gasteiger partial charge in [-0.15, -0.1) is 0 Å². The summed E-state index contributed by atoms with van der Waals surface area (Å²) in [4.78, 5) is 28.6. The Labute approximate surface area is 167 Å². The van der Waals surface area contributed by atoms with E-state index in [2.05, 4.69) is 44.4 Å². The van der Waals surface area contributed by atoms with Crippen LogP contribution in [0.3, 0.4) is 0 Å². The second-order valence-electron chi connectivity index (χ2n) is 7.98. The molecule has 0 bridgehead atoms. The normalized spacial score (nSPS) is 16.0. The zero-order valence-electron chi connectivity index (χ0n) is 16.3. The highest BCUT2D eigenvalue weighted by atomic mass is 16.7. The molecule has 29 heavy (non-hydrogen) atoms. The Hall–Kier alpha value is -3.06. The van der Waals surface area contributed by atoms with Crippen molar-refractivity contribution in [1.29, 1.82) is 0 Å². The summed E-state index contributed by atoms with van der Waals surface area (Å²) in [5, 5.41) is 10.0. The third-order valence-electron chi connectivity index (χ3n) is 6.15. The number of pyridine rings is 1. The van der Waals surface area contributed by atoms with Crippen LogP contribution in [0.4, 0.5) is 4.79 Å². The van der Waals surface area contributed by atoms with E-state index in [1.807, 2.05) is 0 Å². The summed E-state index contributed by atoms with van der Waals surface area (Å²) in [6.07, 6.45) is 2.38. The molecule has 1 aliphatic heterocycles. The van der Waals surface area contributed by atoms with Crippen LogP contribution in [-0.4, -0.2) is 38.8 Å². The number of nitrogens with one attached hydrogen (secondary N) is 1. The predicted molar refractivity (Wildman–Crippen MR) is 110 cm³/mol. The average Bonchev–Trinajstić information content (AvgIpc) is 2.83. The van der Waals surface area contributed by atoms with Crippen LogP contribution >= 0.6 is 0 Å². The van der Waals surface area contributed by atoms with Crippen molar-refractivity contribution in [1.82, 2.24) is 14.5 Å². The lowest BCUT2D eigenvalue weighted by Crippen LogP contribution is -2.36. The van der Waals surface area contributed by atoms with Crippen LogP contribution in [0, 0.1) is 0 Å². The molecule has 0 atom stereocenters. The number of ether oxygens (including phenoxy) is 1. The topological polar surface area (TPSA) is 87.6 Å². The van der Waals surface area contributed by atoms with Crippen LogP contribution in [0.15, 0.2) is 29.1 Å². The van der Waals surface area contributed by atoms with Gasteiger partial charge in [0.25, 0.3) is 5.56 Å². The van der Waals surface area contributed by atoms with E-state index in [1.54, 1.807) is 6.07 Å². The summed E-state index contributed by atoms with van der Waals surface area (Å²) >= 11 is 0. The lowest BCUT2D eigenvalue weighted by Gasteiger charge is -2.30. The van der Waals surface area contributed by atoms with E-state index in [-0.39, 0.29) is 5.75 Å². The molecule has 0 amide bonds. The molecule has 3 aromatic rings. The monoisotopic (exact) mass is 393 g/mol. The van der Waals surface area contributed by atoms with Gasteiger partial charge in [0, 0.05) is 35.8 Å². The Bertz CT molecular complexity index is 1190. The lowest BCUT2D eigenvalue weighted by atomic mass is 9.99. The van der Waals surface area contributed by atoms with Gasteiger partial charge in [0.15, 0.2) is 5.75 Å². The van der Waals surface area contributed by atoms with E-state index in [4.69, 9.17) is 5.11 Å². The van der Waals surface area contributed by atoms with Crippen molar-refractivity contribution in [3.63, 3.8) is 0 Å². The molecule has 0 unspecified atom stereocenters. The van der Waals surface area contributed by atoms with Gasteiger partial charge in [-0.1, -0.05) is 0 Å². The van der Waals surface area contributed by atoms with E-state index in [0.717, 1.165) is 61.1 Å². The van der Waals surface area contributed by atoms with Gasteiger partial charge in [-0.05, 0) is 74.2 Å². The molecule has 0 saturated carbocycles. The largest absolute Gasteiger partial charge is 0.511 e. The number of aromatic amines is 1. The first-order valence-corrected chi connectivity index (χ1v) is 10.0. The minimum atomic E-state index is -1.48. The number of likely N-dealkylation sites (tertiary alicyclic amines) is 1. The minimum absolute atomic E-state index is 0.169. The number of aryl methyl sites for hydroxylation is 3. The Balaban J connectivity index is 1.62. The van der Waals surface area contributed by atoms with Crippen molar-refractivity contribution in [2.24, 2.45) is 7.05 Å². The third kappa shape index (κ3) is 3.11. The number of fused-ring (bicyclic) bond motifs is 4. The lowest BCUT2D eigenvalue weighted by molar-refractivity contribution is 0.143. The Morgan fingerprint density at radius 2 is 1.93 bits per heavy atom. The highest BCUT2D eigenvalue weighted by Gasteiger charge is 2.21. The van der Waals surface area contributed by atoms with Gasteiger partial charge in [-0.25, -0.2) is 4.79 Å². The van der Waals surface area contributed by atoms with E-state index in [0.29, 0.717) is 0 Å². The number of benzene rings is 1. The summed E-state index contributed by atoms with van der Waals surface area (Å²) in [6, 6.07) is 8.20. The van der Waals surface area contributed by atoms with E-state index in [9.17, 15) is 9.59 Å². The molecule has 2 aromatic heterocycles. The van der Waals surface area contributed by atoms with Gasteiger partial charge in [-0.2, -0.15) is 0 Å². The summed E-state index contributed by atoms with van der Waals surface area (Å²) in [5.74, 6) is -0.169. The molecule has 0 radical (unpaired) electrons. The molecular formula is C22H23N3O4. The molecule has 5 rings (SSSR count). The fraction of sp³-hybridized carbons (Fsp3) is 0.364. The fourth-order valence-corrected chi connectivity index (χ4v) is 4.47. The van der Waals surface area contributed by atoms with E-state index < -0.39 is 11.7 Å².